The fourth-order valence-electron chi connectivity index (χ4n) is 2.98. The molecule has 0 aliphatic carbocycles. The fraction of sp³-hybridized carbons (Fsp3) is 0.619. The maximum absolute atomic E-state index is 12.7. The van der Waals surface area contributed by atoms with E-state index >= 15 is 0 Å². The van der Waals surface area contributed by atoms with Crippen molar-refractivity contribution in [3.8, 4) is 0 Å². The summed E-state index contributed by atoms with van der Waals surface area (Å²) in [4.78, 5) is 45.7. The SMILES string of the molecule is C=C(COC[P+](=O)OC(C(=O)C(C)(C)C)C(=O)C(C)(C)C)CN1CNc2c1nc(N)[nH]c2=O. The lowest BCUT2D eigenvalue weighted by molar-refractivity contribution is -0.145. The van der Waals surface area contributed by atoms with Gasteiger partial charge in [0.05, 0.1) is 13.3 Å². The summed E-state index contributed by atoms with van der Waals surface area (Å²) < 4.78 is 23.3. The fourth-order valence-corrected chi connectivity index (χ4v) is 3.70. The molecular formula is C21H33N5O6P+. The highest BCUT2D eigenvalue weighted by molar-refractivity contribution is 7.39. The van der Waals surface area contributed by atoms with Crippen LogP contribution in [0.3, 0.4) is 0 Å². The predicted octanol–water partition coefficient (Wildman–Crippen LogP) is 2.43. The Labute approximate surface area is 194 Å². The van der Waals surface area contributed by atoms with Gasteiger partial charge in [-0.05, 0) is 10.1 Å². The van der Waals surface area contributed by atoms with E-state index in [0.717, 1.165) is 0 Å². The number of aromatic nitrogens is 2. The lowest BCUT2D eigenvalue weighted by Crippen LogP contribution is -2.44. The van der Waals surface area contributed by atoms with Gasteiger partial charge >= 0.3 is 8.03 Å². The number of hydrogen-bond donors (Lipinski definition) is 3. The van der Waals surface area contributed by atoms with Crippen LogP contribution in [0.15, 0.2) is 16.9 Å². The topological polar surface area (TPSA) is 157 Å². The molecule has 0 radical (unpaired) electrons. The second-order valence-electron chi connectivity index (χ2n) is 9.96. The largest absolute Gasteiger partial charge is 0.538 e. The first kappa shape index (κ1) is 26.6. The Hall–Kier alpha value is -2.62. The average molecular weight is 482 g/mol. The highest BCUT2D eigenvalue weighted by Gasteiger charge is 2.45. The Balaban J connectivity index is 1.91. The van der Waals surface area contributed by atoms with Crippen LogP contribution in [-0.2, 0) is 23.4 Å². The first-order valence-corrected chi connectivity index (χ1v) is 11.8. The molecule has 0 saturated carbocycles. The van der Waals surface area contributed by atoms with Crippen molar-refractivity contribution in [3.63, 3.8) is 0 Å². The molecule has 0 fully saturated rings. The van der Waals surface area contributed by atoms with Crippen molar-refractivity contribution in [1.29, 1.82) is 0 Å². The summed E-state index contributed by atoms with van der Waals surface area (Å²) >= 11 is 0. The number of hydrogen-bond acceptors (Lipinski definition) is 10. The zero-order valence-electron chi connectivity index (χ0n) is 20.0. The Morgan fingerprint density at radius 3 is 2.33 bits per heavy atom. The van der Waals surface area contributed by atoms with Gasteiger partial charge in [0, 0.05) is 17.4 Å². The van der Waals surface area contributed by atoms with Gasteiger partial charge < -0.3 is 20.7 Å². The first-order valence-electron chi connectivity index (χ1n) is 10.4. The number of aromatic amines is 1. The van der Waals surface area contributed by atoms with Crippen molar-refractivity contribution in [2.24, 2.45) is 10.8 Å². The zero-order valence-corrected chi connectivity index (χ0v) is 20.9. The second kappa shape index (κ2) is 10.1. The van der Waals surface area contributed by atoms with Crippen LogP contribution < -0.4 is 21.5 Å². The van der Waals surface area contributed by atoms with Crippen LogP contribution in [0.2, 0.25) is 0 Å². The number of nitrogens with one attached hydrogen (secondary N) is 2. The van der Waals surface area contributed by atoms with Crippen LogP contribution in [0.25, 0.3) is 0 Å². The monoisotopic (exact) mass is 482 g/mol. The normalized spacial score (nSPS) is 14.2. The molecule has 1 atom stereocenters. The summed E-state index contributed by atoms with van der Waals surface area (Å²) in [5.41, 5.74) is 4.53. The number of anilines is 3. The van der Waals surface area contributed by atoms with Crippen LogP contribution in [0.5, 0.6) is 0 Å². The molecule has 2 rings (SSSR count). The van der Waals surface area contributed by atoms with E-state index in [9.17, 15) is 18.9 Å². The summed E-state index contributed by atoms with van der Waals surface area (Å²) in [6, 6.07) is 0. The van der Waals surface area contributed by atoms with Crippen LogP contribution in [0, 0.1) is 10.8 Å². The number of ether oxygens (including phenoxy) is 1. The lowest BCUT2D eigenvalue weighted by Gasteiger charge is -2.25. The smallest absolute Gasteiger partial charge is 0.369 e. The van der Waals surface area contributed by atoms with Crippen molar-refractivity contribution in [3.05, 3.63) is 22.5 Å². The molecule has 0 saturated heterocycles. The minimum atomic E-state index is -2.43. The number of nitrogen functional groups attached to an aromatic ring is 1. The molecule has 0 amide bonds. The minimum absolute atomic E-state index is 0.00706. The van der Waals surface area contributed by atoms with Crippen molar-refractivity contribution >= 4 is 37.0 Å². The molecule has 2 heterocycles. The van der Waals surface area contributed by atoms with E-state index in [1.807, 2.05) is 0 Å². The van der Waals surface area contributed by atoms with Crippen molar-refractivity contribution < 1.29 is 23.4 Å². The third-order valence-corrected chi connectivity index (χ3v) is 5.60. The average Bonchev–Trinajstić information content (AvgIpc) is 3.06. The number of carbonyl (C=O) groups excluding carboxylic acids is 2. The van der Waals surface area contributed by atoms with Crippen LogP contribution in [0.1, 0.15) is 41.5 Å². The van der Waals surface area contributed by atoms with E-state index in [4.69, 9.17) is 15.0 Å². The highest BCUT2D eigenvalue weighted by Crippen LogP contribution is 2.33. The first-order chi connectivity index (χ1) is 15.1. The number of nitrogens with zero attached hydrogens (tertiary/aromatic N) is 2. The van der Waals surface area contributed by atoms with Crippen molar-refractivity contribution in [2.75, 3.05) is 42.1 Å². The van der Waals surface area contributed by atoms with E-state index in [-0.39, 0.29) is 24.5 Å². The summed E-state index contributed by atoms with van der Waals surface area (Å²) in [7, 11) is -2.43. The number of ketones is 2. The Bertz CT molecular complexity index is 982. The maximum Gasteiger partial charge on any atom is 0.538 e. The molecule has 33 heavy (non-hydrogen) atoms. The number of carbonyl (C=O) groups is 2. The molecule has 12 heteroatoms. The van der Waals surface area contributed by atoms with Gasteiger partial charge in [-0.3, -0.25) is 19.4 Å². The maximum atomic E-state index is 12.7. The Morgan fingerprint density at radius 1 is 1.21 bits per heavy atom. The van der Waals surface area contributed by atoms with Gasteiger partial charge in [-0.1, -0.05) is 48.1 Å². The van der Waals surface area contributed by atoms with E-state index in [2.05, 4.69) is 21.9 Å². The number of Topliss-reactive ketones (excluding diaryl/α,β-unsaturated/α-hetero) is 2. The van der Waals surface area contributed by atoms with Gasteiger partial charge in [0.25, 0.3) is 11.9 Å². The number of rotatable bonds is 10. The molecule has 1 aliphatic rings. The highest BCUT2D eigenvalue weighted by atomic mass is 31.1. The predicted molar refractivity (Wildman–Crippen MR) is 126 cm³/mol. The number of H-pyrrole nitrogens is 1. The van der Waals surface area contributed by atoms with Crippen LogP contribution in [-0.4, -0.2) is 53.8 Å². The van der Waals surface area contributed by atoms with Crippen LogP contribution >= 0.6 is 8.03 Å². The summed E-state index contributed by atoms with van der Waals surface area (Å²) in [5, 5.41) is 2.94. The molecule has 1 aromatic rings. The molecule has 182 valence electrons. The molecule has 1 unspecified atom stereocenters. The van der Waals surface area contributed by atoms with Crippen molar-refractivity contribution in [1.82, 2.24) is 9.97 Å². The zero-order chi connectivity index (χ0) is 25.1. The molecule has 0 spiro atoms. The van der Waals surface area contributed by atoms with Crippen molar-refractivity contribution in [2.45, 2.75) is 47.6 Å². The third kappa shape index (κ3) is 6.93. The van der Waals surface area contributed by atoms with Gasteiger partial charge in [0.1, 0.15) is 5.69 Å². The second-order valence-corrected chi connectivity index (χ2v) is 11.1. The molecular weight excluding hydrogens is 449 g/mol. The molecule has 11 nitrogen and oxygen atoms in total. The Morgan fingerprint density at radius 2 is 1.79 bits per heavy atom. The van der Waals surface area contributed by atoms with Gasteiger partial charge in [0.2, 0.25) is 12.1 Å². The third-order valence-electron chi connectivity index (χ3n) is 4.76. The summed E-state index contributed by atoms with van der Waals surface area (Å²) in [6.45, 7) is 14.7. The van der Waals surface area contributed by atoms with Gasteiger partial charge in [0.15, 0.2) is 17.4 Å². The minimum Gasteiger partial charge on any atom is -0.369 e. The number of fused-ring (bicyclic) bond motifs is 1. The molecule has 1 aliphatic heterocycles. The van der Waals surface area contributed by atoms with Gasteiger partial charge in [-0.25, -0.2) is 0 Å². The van der Waals surface area contributed by atoms with Crippen LogP contribution in [0.4, 0.5) is 17.5 Å². The molecule has 1 aromatic heterocycles. The molecule has 0 aromatic carbocycles. The Kier molecular flexibility index (Phi) is 8.16. The number of nitrogens with two attached hydrogens (primary N) is 1. The van der Waals surface area contributed by atoms with Gasteiger partial charge in [-0.2, -0.15) is 4.98 Å². The van der Waals surface area contributed by atoms with E-state index in [1.54, 1.807) is 46.4 Å². The summed E-state index contributed by atoms with van der Waals surface area (Å²) in [6.07, 6.45) is -1.73. The van der Waals surface area contributed by atoms with E-state index < -0.39 is 36.5 Å². The lowest BCUT2D eigenvalue weighted by atomic mass is 9.80. The molecule has 0 bridgehead atoms. The molecule has 4 N–H and O–H groups in total. The summed E-state index contributed by atoms with van der Waals surface area (Å²) in [5.74, 6) is -0.446. The van der Waals surface area contributed by atoms with Gasteiger partial charge in [-0.15, -0.1) is 4.52 Å². The van der Waals surface area contributed by atoms with E-state index in [1.165, 1.54) is 0 Å². The standard InChI is InChI=1S/C21H32N5O6P/c1-12(8-26-10-23-13-17(26)24-19(22)25-18(13)29)9-31-11-33(30)32-14(15(27)20(2,3)4)16(28)21(5,6)7/h14,23H,1,8-11H2,2-7H3,(H2-,22,24,25,29)/p+1. The van der Waals surface area contributed by atoms with E-state index in [0.29, 0.717) is 30.3 Å². The quantitative estimate of drug-likeness (QED) is 0.257.